The molecule has 0 saturated carbocycles. The Bertz CT molecular complexity index is 452. The predicted octanol–water partition coefficient (Wildman–Crippen LogP) is 3.10. The zero-order chi connectivity index (χ0) is 13.2. The highest BCUT2D eigenvalue weighted by molar-refractivity contribution is 5.67. The zero-order valence-corrected chi connectivity index (χ0v) is 9.99. The van der Waals surface area contributed by atoms with Gasteiger partial charge in [0.05, 0.1) is 0 Å². The molecule has 0 aliphatic heterocycles. The Morgan fingerprint density at radius 2 is 1.39 bits per heavy atom. The summed E-state index contributed by atoms with van der Waals surface area (Å²) in [5.41, 5.74) is 1.08. The lowest BCUT2D eigenvalue weighted by Crippen LogP contribution is -1.96. The highest BCUT2D eigenvalue weighted by Gasteiger charge is 1.96. The van der Waals surface area contributed by atoms with Gasteiger partial charge in [-0.2, -0.15) is 0 Å². The van der Waals surface area contributed by atoms with E-state index in [1.54, 1.807) is 24.3 Å². The number of aromatic hydroxyl groups is 1. The summed E-state index contributed by atoms with van der Waals surface area (Å²) >= 11 is 0. The van der Waals surface area contributed by atoms with Crippen LogP contribution in [0.2, 0.25) is 0 Å². The fourth-order valence-corrected chi connectivity index (χ4v) is 1.32. The zero-order valence-electron chi connectivity index (χ0n) is 9.99. The molecule has 0 heterocycles. The average Bonchev–Trinajstić information content (AvgIpc) is 2.39. The van der Waals surface area contributed by atoms with Gasteiger partial charge in [0.25, 0.3) is 0 Å². The summed E-state index contributed by atoms with van der Waals surface area (Å²) in [4.78, 5) is 10.2. The highest BCUT2D eigenvalue weighted by Crippen LogP contribution is 2.03. The Hall–Kier alpha value is -2.29. The minimum Gasteiger partial charge on any atom is -0.508 e. The second-order valence-corrected chi connectivity index (χ2v) is 3.71. The first-order valence-electron chi connectivity index (χ1n) is 5.68. The SMILES string of the molecule is O=C(O)CCc1ccccc1.Oc1ccccc1. The molecule has 2 aromatic rings. The van der Waals surface area contributed by atoms with Gasteiger partial charge in [-0.05, 0) is 24.1 Å². The second-order valence-electron chi connectivity index (χ2n) is 3.71. The van der Waals surface area contributed by atoms with Crippen molar-refractivity contribution in [3.63, 3.8) is 0 Å². The Labute approximate surface area is 106 Å². The number of hydrogen-bond acceptors (Lipinski definition) is 2. The van der Waals surface area contributed by atoms with E-state index in [0.717, 1.165) is 5.56 Å². The topological polar surface area (TPSA) is 57.5 Å². The molecule has 0 aromatic heterocycles. The molecule has 3 heteroatoms. The van der Waals surface area contributed by atoms with Crippen LogP contribution >= 0.6 is 0 Å². The number of carboxylic acid groups (broad SMARTS) is 1. The number of hydrogen-bond donors (Lipinski definition) is 2. The number of phenols is 1. The van der Waals surface area contributed by atoms with Crippen molar-refractivity contribution in [1.29, 1.82) is 0 Å². The van der Waals surface area contributed by atoms with Gasteiger partial charge in [-0.1, -0.05) is 48.5 Å². The molecule has 94 valence electrons. The molecule has 3 nitrogen and oxygen atoms in total. The van der Waals surface area contributed by atoms with E-state index in [0.29, 0.717) is 12.2 Å². The Morgan fingerprint density at radius 1 is 0.889 bits per heavy atom. The van der Waals surface area contributed by atoms with E-state index in [1.807, 2.05) is 36.4 Å². The molecule has 18 heavy (non-hydrogen) atoms. The largest absolute Gasteiger partial charge is 0.508 e. The van der Waals surface area contributed by atoms with Crippen LogP contribution in [0.1, 0.15) is 12.0 Å². The fourth-order valence-electron chi connectivity index (χ4n) is 1.32. The van der Waals surface area contributed by atoms with Crippen LogP contribution < -0.4 is 0 Å². The quantitative estimate of drug-likeness (QED) is 0.872. The van der Waals surface area contributed by atoms with Crippen LogP contribution in [0.25, 0.3) is 0 Å². The molecule has 0 aliphatic rings. The normalized spacial score (nSPS) is 9.11. The number of phenolic OH excluding ortho intramolecular Hbond substituents is 1. The van der Waals surface area contributed by atoms with Crippen LogP contribution in [0.4, 0.5) is 0 Å². The predicted molar refractivity (Wildman–Crippen MR) is 70.5 cm³/mol. The number of aryl methyl sites for hydroxylation is 1. The van der Waals surface area contributed by atoms with Crippen LogP contribution in [-0.4, -0.2) is 16.2 Å². The Morgan fingerprint density at radius 3 is 1.78 bits per heavy atom. The van der Waals surface area contributed by atoms with Crippen molar-refractivity contribution in [3.05, 3.63) is 66.2 Å². The standard InChI is InChI=1S/C9H10O2.C6H6O/c10-9(11)7-6-8-4-2-1-3-5-8;7-6-4-2-1-3-5-6/h1-5H,6-7H2,(H,10,11);1-5,7H. The minimum atomic E-state index is -0.742. The van der Waals surface area contributed by atoms with Crippen LogP contribution in [0.5, 0.6) is 5.75 Å². The van der Waals surface area contributed by atoms with E-state index in [1.165, 1.54) is 0 Å². The van der Waals surface area contributed by atoms with E-state index in [9.17, 15) is 4.79 Å². The molecule has 0 bridgehead atoms. The van der Waals surface area contributed by atoms with Gasteiger partial charge < -0.3 is 10.2 Å². The Kier molecular flexibility index (Phi) is 6.04. The average molecular weight is 244 g/mol. The molecule has 0 radical (unpaired) electrons. The fraction of sp³-hybridized carbons (Fsp3) is 0.133. The maximum Gasteiger partial charge on any atom is 0.303 e. The molecule has 2 aromatic carbocycles. The van der Waals surface area contributed by atoms with Gasteiger partial charge in [-0.25, -0.2) is 0 Å². The van der Waals surface area contributed by atoms with Crippen LogP contribution in [-0.2, 0) is 11.2 Å². The third kappa shape index (κ3) is 6.33. The van der Waals surface area contributed by atoms with Crippen molar-refractivity contribution in [2.24, 2.45) is 0 Å². The van der Waals surface area contributed by atoms with E-state index < -0.39 is 5.97 Å². The first-order chi connectivity index (χ1) is 8.68. The molecular weight excluding hydrogens is 228 g/mol. The molecule has 0 fully saturated rings. The summed E-state index contributed by atoms with van der Waals surface area (Å²) in [5.74, 6) is -0.420. The van der Waals surface area contributed by atoms with Gasteiger partial charge >= 0.3 is 5.97 Å². The van der Waals surface area contributed by atoms with Crippen molar-refractivity contribution in [3.8, 4) is 5.75 Å². The summed E-state index contributed by atoms with van der Waals surface area (Å²) in [7, 11) is 0. The summed E-state index contributed by atoms with van der Waals surface area (Å²) < 4.78 is 0. The van der Waals surface area contributed by atoms with Gasteiger partial charge in [0.1, 0.15) is 5.75 Å². The van der Waals surface area contributed by atoms with Crippen molar-refractivity contribution >= 4 is 5.97 Å². The third-order valence-corrected chi connectivity index (χ3v) is 2.23. The number of rotatable bonds is 3. The van der Waals surface area contributed by atoms with Gasteiger partial charge in [0.15, 0.2) is 0 Å². The molecular formula is C15H16O3. The summed E-state index contributed by atoms with van der Waals surface area (Å²) in [5, 5.41) is 17.0. The molecule has 0 amide bonds. The molecule has 2 N–H and O–H groups in total. The molecule has 0 atom stereocenters. The lowest BCUT2D eigenvalue weighted by molar-refractivity contribution is -0.136. The summed E-state index contributed by atoms with van der Waals surface area (Å²) in [6.45, 7) is 0. The van der Waals surface area contributed by atoms with Crippen LogP contribution in [0.15, 0.2) is 60.7 Å². The van der Waals surface area contributed by atoms with Gasteiger partial charge in [0.2, 0.25) is 0 Å². The van der Waals surface area contributed by atoms with Crippen molar-refractivity contribution in [2.75, 3.05) is 0 Å². The second kappa shape index (κ2) is 7.90. The van der Waals surface area contributed by atoms with Gasteiger partial charge in [0, 0.05) is 6.42 Å². The molecule has 0 unspecified atom stereocenters. The van der Waals surface area contributed by atoms with Crippen LogP contribution in [0.3, 0.4) is 0 Å². The van der Waals surface area contributed by atoms with Crippen molar-refractivity contribution < 1.29 is 15.0 Å². The summed E-state index contributed by atoms with van der Waals surface area (Å²) in [6, 6.07) is 18.3. The smallest absolute Gasteiger partial charge is 0.303 e. The molecule has 0 aliphatic carbocycles. The first-order valence-corrected chi connectivity index (χ1v) is 5.68. The minimum absolute atomic E-state index is 0.212. The lowest BCUT2D eigenvalue weighted by Gasteiger charge is -1.95. The van der Waals surface area contributed by atoms with Gasteiger partial charge in [-0.15, -0.1) is 0 Å². The van der Waals surface area contributed by atoms with E-state index >= 15 is 0 Å². The maximum absolute atomic E-state index is 10.2. The van der Waals surface area contributed by atoms with E-state index in [2.05, 4.69) is 0 Å². The number of benzene rings is 2. The molecule has 2 rings (SSSR count). The van der Waals surface area contributed by atoms with E-state index in [-0.39, 0.29) is 6.42 Å². The Balaban J connectivity index is 0.000000199. The lowest BCUT2D eigenvalue weighted by atomic mass is 10.1. The highest BCUT2D eigenvalue weighted by atomic mass is 16.4. The first kappa shape index (κ1) is 13.8. The van der Waals surface area contributed by atoms with Crippen molar-refractivity contribution in [1.82, 2.24) is 0 Å². The number of para-hydroxylation sites is 1. The maximum atomic E-state index is 10.2. The van der Waals surface area contributed by atoms with Crippen molar-refractivity contribution in [2.45, 2.75) is 12.8 Å². The monoisotopic (exact) mass is 244 g/mol. The molecule has 0 saturated heterocycles. The molecule has 0 spiro atoms. The van der Waals surface area contributed by atoms with Gasteiger partial charge in [-0.3, -0.25) is 4.79 Å². The van der Waals surface area contributed by atoms with Crippen LogP contribution in [0, 0.1) is 0 Å². The number of aliphatic carboxylic acids is 1. The number of carbonyl (C=O) groups is 1. The number of carboxylic acids is 1. The summed E-state index contributed by atoms with van der Waals surface area (Å²) in [6.07, 6.45) is 0.834. The van der Waals surface area contributed by atoms with E-state index in [4.69, 9.17) is 10.2 Å². The third-order valence-electron chi connectivity index (χ3n) is 2.23.